The van der Waals surface area contributed by atoms with Gasteiger partial charge in [0.25, 0.3) is 0 Å². The number of para-hydroxylation sites is 1. The van der Waals surface area contributed by atoms with Crippen molar-refractivity contribution >= 4 is 5.69 Å². The molecule has 5 nitrogen and oxygen atoms in total. The molecule has 0 aliphatic carbocycles. The van der Waals surface area contributed by atoms with E-state index in [1.165, 1.54) is 0 Å². The minimum atomic E-state index is -0.0545. The lowest BCUT2D eigenvalue weighted by Crippen LogP contribution is -1.95. The quantitative estimate of drug-likeness (QED) is 0.802. The molecular formula is C12H13N3O2. The van der Waals surface area contributed by atoms with E-state index in [2.05, 4.69) is 10.2 Å². The summed E-state index contributed by atoms with van der Waals surface area (Å²) in [7, 11) is 0. The third kappa shape index (κ3) is 1.89. The van der Waals surface area contributed by atoms with Crippen LogP contribution in [0.2, 0.25) is 0 Å². The van der Waals surface area contributed by atoms with Gasteiger partial charge in [0.15, 0.2) is 0 Å². The van der Waals surface area contributed by atoms with Gasteiger partial charge >= 0.3 is 0 Å². The third-order valence-corrected chi connectivity index (χ3v) is 2.84. The zero-order valence-electron chi connectivity index (χ0n) is 9.30. The molecule has 1 aliphatic rings. The lowest BCUT2D eigenvalue weighted by molar-refractivity contribution is 0.0896. The maximum Gasteiger partial charge on any atom is 0.249 e. The summed E-state index contributed by atoms with van der Waals surface area (Å²) in [5.41, 5.74) is 7.26. The highest BCUT2D eigenvalue weighted by molar-refractivity contribution is 5.69. The zero-order chi connectivity index (χ0) is 11.7. The summed E-state index contributed by atoms with van der Waals surface area (Å²) in [5.74, 6) is 0.995. The van der Waals surface area contributed by atoms with E-state index in [1.54, 1.807) is 0 Å². The second-order valence-corrected chi connectivity index (χ2v) is 4.03. The predicted molar refractivity (Wildman–Crippen MR) is 62.1 cm³/mol. The fourth-order valence-corrected chi connectivity index (χ4v) is 1.94. The highest BCUT2D eigenvalue weighted by Gasteiger charge is 2.24. The second-order valence-electron chi connectivity index (χ2n) is 4.03. The van der Waals surface area contributed by atoms with E-state index in [4.69, 9.17) is 14.9 Å². The average Bonchev–Trinajstić information content (AvgIpc) is 3.00. The molecule has 0 spiro atoms. The van der Waals surface area contributed by atoms with Crippen molar-refractivity contribution in [3.05, 3.63) is 30.2 Å². The smallest absolute Gasteiger partial charge is 0.249 e. The fraction of sp³-hybridized carbons (Fsp3) is 0.333. The van der Waals surface area contributed by atoms with Crippen LogP contribution in [0.15, 0.2) is 28.7 Å². The van der Waals surface area contributed by atoms with E-state index in [9.17, 15) is 0 Å². The molecule has 1 saturated heterocycles. The Morgan fingerprint density at radius 2 is 2.12 bits per heavy atom. The maximum absolute atomic E-state index is 5.86. The maximum atomic E-state index is 5.86. The second kappa shape index (κ2) is 4.18. The Labute approximate surface area is 98.6 Å². The van der Waals surface area contributed by atoms with Gasteiger partial charge in [-0.25, -0.2) is 0 Å². The number of nitrogens with two attached hydrogens (primary N) is 1. The molecule has 1 unspecified atom stereocenters. The largest absolute Gasteiger partial charge is 0.418 e. The van der Waals surface area contributed by atoms with E-state index in [0.29, 0.717) is 17.5 Å². The Bertz CT molecular complexity index is 518. The normalized spacial score (nSPS) is 19.6. The van der Waals surface area contributed by atoms with Gasteiger partial charge < -0.3 is 14.9 Å². The molecule has 1 aromatic heterocycles. The molecule has 5 heteroatoms. The molecule has 0 amide bonds. The van der Waals surface area contributed by atoms with Crippen molar-refractivity contribution in [2.45, 2.75) is 18.9 Å². The molecule has 3 rings (SSSR count). The van der Waals surface area contributed by atoms with Crippen molar-refractivity contribution in [3.8, 4) is 11.5 Å². The molecule has 2 N–H and O–H groups in total. The van der Waals surface area contributed by atoms with Crippen molar-refractivity contribution in [2.75, 3.05) is 12.3 Å². The molecule has 88 valence electrons. The Morgan fingerprint density at radius 3 is 2.88 bits per heavy atom. The zero-order valence-corrected chi connectivity index (χ0v) is 9.30. The van der Waals surface area contributed by atoms with E-state index in [-0.39, 0.29) is 6.10 Å². The van der Waals surface area contributed by atoms with Crippen molar-refractivity contribution in [1.29, 1.82) is 0 Å². The van der Waals surface area contributed by atoms with Gasteiger partial charge in [-0.3, -0.25) is 0 Å². The summed E-state index contributed by atoms with van der Waals surface area (Å²) in [5, 5.41) is 8.03. The molecule has 1 aliphatic heterocycles. The van der Waals surface area contributed by atoms with E-state index < -0.39 is 0 Å². The minimum Gasteiger partial charge on any atom is -0.418 e. The predicted octanol–water partition coefficient (Wildman–Crippen LogP) is 2.17. The first-order chi connectivity index (χ1) is 8.34. The summed E-state index contributed by atoms with van der Waals surface area (Å²) >= 11 is 0. The number of aromatic nitrogens is 2. The van der Waals surface area contributed by atoms with E-state index in [0.717, 1.165) is 25.0 Å². The van der Waals surface area contributed by atoms with Gasteiger partial charge in [0.2, 0.25) is 11.8 Å². The highest BCUT2D eigenvalue weighted by atomic mass is 16.5. The summed E-state index contributed by atoms with van der Waals surface area (Å²) in [4.78, 5) is 0. The molecule has 0 saturated carbocycles. The first-order valence-corrected chi connectivity index (χ1v) is 5.64. The minimum absolute atomic E-state index is 0.0545. The first kappa shape index (κ1) is 10.3. The summed E-state index contributed by atoms with van der Waals surface area (Å²) in [6.45, 7) is 0.760. The van der Waals surface area contributed by atoms with Crippen molar-refractivity contribution < 1.29 is 9.15 Å². The number of nitrogen functional groups attached to an aromatic ring is 1. The Hall–Kier alpha value is -1.88. The van der Waals surface area contributed by atoms with Crippen LogP contribution in [-0.2, 0) is 4.74 Å². The Kier molecular flexibility index (Phi) is 2.53. The van der Waals surface area contributed by atoms with Crippen LogP contribution in [-0.4, -0.2) is 16.8 Å². The number of ether oxygens (including phenoxy) is 1. The van der Waals surface area contributed by atoms with E-state index in [1.807, 2.05) is 24.3 Å². The molecule has 0 bridgehead atoms. The molecule has 1 atom stereocenters. The molecule has 0 radical (unpaired) electrons. The lowest BCUT2D eigenvalue weighted by atomic mass is 10.2. The molecule has 2 heterocycles. The van der Waals surface area contributed by atoms with Gasteiger partial charge in [0.1, 0.15) is 6.10 Å². The Balaban J connectivity index is 1.92. The summed E-state index contributed by atoms with van der Waals surface area (Å²) < 4.78 is 11.1. The number of benzene rings is 1. The monoisotopic (exact) mass is 231 g/mol. The SMILES string of the molecule is Nc1ccccc1-c1nnc(C2CCCO2)o1. The van der Waals surface area contributed by atoms with Crippen LogP contribution < -0.4 is 5.73 Å². The van der Waals surface area contributed by atoms with Gasteiger partial charge in [-0.05, 0) is 25.0 Å². The number of hydrogen-bond acceptors (Lipinski definition) is 5. The van der Waals surface area contributed by atoms with Crippen molar-refractivity contribution in [1.82, 2.24) is 10.2 Å². The van der Waals surface area contributed by atoms with Crippen molar-refractivity contribution in [2.24, 2.45) is 0 Å². The van der Waals surface area contributed by atoms with Crippen LogP contribution in [0.25, 0.3) is 11.5 Å². The molecule has 17 heavy (non-hydrogen) atoms. The lowest BCUT2D eigenvalue weighted by Gasteiger charge is -2.02. The van der Waals surface area contributed by atoms with Gasteiger partial charge in [-0.1, -0.05) is 12.1 Å². The topological polar surface area (TPSA) is 74.2 Å². The number of nitrogens with zero attached hydrogens (tertiary/aromatic N) is 2. The van der Waals surface area contributed by atoms with Gasteiger partial charge in [-0.15, -0.1) is 10.2 Å². The number of rotatable bonds is 2. The number of anilines is 1. The van der Waals surface area contributed by atoms with Gasteiger partial charge in [0, 0.05) is 12.3 Å². The summed E-state index contributed by atoms with van der Waals surface area (Å²) in [6.07, 6.45) is 1.92. The standard InChI is InChI=1S/C12H13N3O2/c13-9-5-2-1-4-8(9)11-14-15-12(17-11)10-6-3-7-16-10/h1-2,4-5,10H,3,6-7,13H2. The fourth-order valence-electron chi connectivity index (χ4n) is 1.94. The Morgan fingerprint density at radius 1 is 1.24 bits per heavy atom. The van der Waals surface area contributed by atoms with Crippen LogP contribution in [0.5, 0.6) is 0 Å². The highest BCUT2D eigenvalue weighted by Crippen LogP contribution is 2.30. The van der Waals surface area contributed by atoms with Crippen LogP contribution in [0.4, 0.5) is 5.69 Å². The van der Waals surface area contributed by atoms with Crippen molar-refractivity contribution in [3.63, 3.8) is 0 Å². The first-order valence-electron chi connectivity index (χ1n) is 5.64. The molecule has 1 aromatic carbocycles. The van der Waals surface area contributed by atoms with Crippen LogP contribution in [0.3, 0.4) is 0 Å². The van der Waals surface area contributed by atoms with Crippen LogP contribution in [0, 0.1) is 0 Å². The molecule has 2 aromatic rings. The van der Waals surface area contributed by atoms with E-state index >= 15 is 0 Å². The average molecular weight is 231 g/mol. The van der Waals surface area contributed by atoms with Crippen LogP contribution >= 0.6 is 0 Å². The molecular weight excluding hydrogens is 218 g/mol. The van der Waals surface area contributed by atoms with Gasteiger partial charge in [-0.2, -0.15) is 0 Å². The molecule has 1 fully saturated rings. The van der Waals surface area contributed by atoms with Gasteiger partial charge in [0.05, 0.1) is 5.56 Å². The number of hydrogen-bond donors (Lipinski definition) is 1. The van der Waals surface area contributed by atoms with Crippen LogP contribution in [0.1, 0.15) is 24.8 Å². The summed E-state index contributed by atoms with van der Waals surface area (Å²) in [6, 6.07) is 7.44. The third-order valence-electron chi connectivity index (χ3n) is 2.84.